The largest absolute Gasteiger partial charge is 0.381 e. The van der Waals surface area contributed by atoms with Crippen molar-refractivity contribution in [1.29, 1.82) is 0 Å². The molecule has 0 bridgehead atoms. The third-order valence-electron chi connectivity index (χ3n) is 3.99. The highest BCUT2D eigenvalue weighted by Crippen LogP contribution is 2.41. The van der Waals surface area contributed by atoms with Crippen molar-refractivity contribution in [3.05, 3.63) is 77.4 Å². The molecule has 2 heterocycles. The first kappa shape index (κ1) is 13.5. The summed E-state index contributed by atoms with van der Waals surface area (Å²) in [6.45, 7) is 0. The molecule has 0 amide bonds. The Morgan fingerprint density at radius 3 is 2.73 bits per heavy atom. The van der Waals surface area contributed by atoms with Gasteiger partial charge in [0.05, 0.1) is 17.4 Å². The van der Waals surface area contributed by atoms with Crippen LogP contribution in [0, 0.1) is 0 Å². The van der Waals surface area contributed by atoms with Gasteiger partial charge in [-0.1, -0.05) is 46.3 Å². The minimum Gasteiger partial charge on any atom is -0.381 e. The van der Waals surface area contributed by atoms with E-state index in [0.29, 0.717) is 0 Å². The van der Waals surface area contributed by atoms with Gasteiger partial charge in [0.25, 0.3) is 0 Å². The van der Waals surface area contributed by atoms with E-state index in [1.54, 1.807) is 0 Å². The van der Waals surface area contributed by atoms with Gasteiger partial charge in [-0.15, -0.1) is 0 Å². The van der Waals surface area contributed by atoms with Crippen molar-refractivity contribution in [2.24, 2.45) is 0 Å². The number of rotatable bonds is 2. The molecule has 0 saturated heterocycles. The molecule has 2 atom stereocenters. The summed E-state index contributed by atoms with van der Waals surface area (Å²) in [7, 11) is 0. The highest BCUT2D eigenvalue weighted by atomic mass is 79.9. The Labute approximate surface area is 138 Å². The number of benzene rings is 2. The normalized spacial score (nSPS) is 22.1. The van der Waals surface area contributed by atoms with E-state index in [-0.39, 0.29) is 12.2 Å². The molecule has 4 heteroatoms. The van der Waals surface area contributed by atoms with Gasteiger partial charge in [0.15, 0.2) is 0 Å². The zero-order valence-electron chi connectivity index (χ0n) is 11.9. The van der Waals surface area contributed by atoms with Crippen LogP contribution in [-0.2, 0) is 0 Å². The fourth-order valence-electron chi connectivity index (χ4n) is 3.01. The molecule has 0 fully saturated rings. The molecule has 0 radical (unpaired) electrons. The van der Waals surface area contributed by atoms with Crippen LogP contribution < -0.4 is 15.5 Å². The van der Waals surface area contributed by atoms with E-state index in [1.807, 2.05) is 12.3 Å². The number of hydrogen-bond acceptors (Lipinski definition) is 3. The maximum atomic E-state index is 3.64. The van der Waals surface area contributed by atoms with Gasteiger partial charge in [-0.3, -0.25) is 0 Å². The number of anilines is 3. The lowest BCUT2D eigenvalue weighted by atomic mass is 10.1. The third-order valence-corrected chi connectivity index (χ3v) is 4.48. The monoisotopic (exact) mass is 353 g/mol. The van der Waals surface area contributed by atoms with Gasteiger partial charge < -0.3 is 15.5 Å². The number of hydrogen-bond donors (Lipinski definition) is 2. The van der Waals surface area contributed by atoms with E-state index in [2.05, 4.69) is 92.1 Å². The van der Waals surface area contributed by atoms with Crippen LogP contribution in [-0.4, -0.2) is 12.2 Å². The van der Waals surface area contributed by atoms with Gasteiger partial charge in [-0.05, 0) is 42.6 Å². The van der Waals surface area contributed by atoms with Crippen LogP contribution in [0.4, 0.5) is 17.1 Å². The van der Waals surface area contributed by atoms with Gasteiger partial charge in [-0.2, -0.15) is 0 Å². The minimum atomic E-state index is 0.132. The molecular weight excluding hydrogens is 338 g/mol. The van der Waals surface area contributed by atoms with Gasteiger partial charge in [0.1, 0.15) is 6.17 Å². The summed E-state index contributed by atoms with van der Waals surface area (Å²) in [5, 5.41) is 7.06. The molecule has 2 aromatic carbocycles. The quantitative estimate of drug-likeness (QED) is 0.838. The Balaban J connectivity index is 1.78. The standard InChI is InChI=1S/C18H16BrN3/c19-13-6-5-7-14(12-13)22-17-10-2-1-8-15(17)21-18(22)16-9-3-4-11-20-16/h1-12,16,18,20-21H. The van der Waals surface area contributed by atoms with Crippen molar-refractivity contribution in [2.75, 3.05) is 10.2 Å². The van der Waals surface area contributed by atoms with Gasteiger partial charge in [0.2, 0.25) is 0 Å². The average Bonchev–Trinajstić information content (AvgIpc) is 2.95. The van der Waals surface area contributed by atoms with Crippen molar-refractivity contribution >= 4 is 33.0 Å². The Morgan fingerprint density at radius 2 is 1.91 bits per heavy atom. The second-order valence-corrected chi connectivity index (χ2v) is 6.31. The second kappa shape index (κ2) is 5.54. The van der Waals surface area contributed by atoms with Gasteiger partial charge in [-0.25, -0.2) is 0 Å². The summed E-state index contributed by atoms with van der Waals surface area (Å²) in [5.74, 6) is 0. The highest BCUT2D eigenvalue weighted by Gasteiger charge is 2.34. The lowest BCUT2D eigenvalue weighted by Crippen LogP contribution is -2.48. The zero-order chi connectivity index (χ0) is 14.9. The summed E-state index contributed by atoms with van der Waals surface area (Å²) in [6.07, 6.45) is 8.42. The number of para-hydroxylation sites is 2. The Kier molecular flexibility index (Phi) is 3.39. The smallest absolute Gasteiger partial charge is 0.128 e. The predicted molar refractivity (Wildman–Crippen MR) is 95.3 cm³/mol. The lowest BCUT2D eigenvalue weighted by molar-refractivity contribution is 0.591. The molecule has 110 valence electrons. The maximum Gasteiger partial charge on any atom is 0.128 e. The predicted octanol–water partition coefficient (Wildman–Crippen LogP) is 4.38. The summed E-state index contributed by atoms with van der Waals surface area (Å²) in [4.78, 5) is 2.35. The Morgan fingerprint density at radius 1 is 1.00 bits per heavy atom. The fraction of sp³-hybridized carbons (Fsp3) is 0.111. The summed E-state index contributed by atoms with van der Waals surface area (Å²) in [5.41, 5.74) is 3.54. The lowest BCUT2D eigenvalue weighted by Gasteiger charge is -2.32. The van der Waals surface area contributed by atoms with Crippen LogP contribution >= 0.6 is 15.9 Å². The summed E-state index contributed by atoms with van der Waals surface area (Å²) < 4.78 is 1.08. The summed E-state index contributed by atoms with van der Waals surface area (Å²) in [6, 6.07) is 17.1. The molecular formula is C18H16BrN3. The molecule has 0 aromatic heterocycles. The first-order valence-electron chi connectivity index (χ1n) is 7.33. The van der Waals surface area contributed by atoms with Crippen LogP contribution in [0.3, 0.4) is 0 Å². The number of nitrogens with zero attached hydrogens (tertiary/aromatic N) is 1. The molecule has 0 spiro atoms. The van der Waals surface area contributed by atoms with Crippen LogP contribution in [0.5, 0.6) is 0 Å². The fourth-order valence-corrected chi connectivity index (χ4v) is 3.40. The number of nitrogens with one attached hydrogen (secondary N) is 2. The molecule has 2 unspecified atom stereocenters. The molecule has 0 saturated carbocycles. The van der Waals surface area contributed by atoms with Gasteiger partial charge >= 0.3 is 0 Å². The van der Waals surface area contributed by atoms with Crippen LogP contribution in [0.1, 0.15) is 0 Å². The van der Waals surface area contributed by atoms with Crippen LogP contribution in [0.15, 0.2) is 77.4 Å². The third kappa shape index (κ3) is 2.29. The molecule has 2 aromatic rings. The van der Waals surface area contributed by atoms with E-state index in [4.69, 9.17) is 0 Å². The minimum absolute atomic E-state index is 0.132. The first-order chi connectivity index (χ1) is 10.8. The summed E-state index contributed by atoms with van der Waals surface area (Å²) >= 11 is 3.58. The Bertz CT molecular complexity index is 754. The van der Waals surface area contributed by atoms with Gasteiger partial charge in [0, 0.05) is 10.2 Å². The average molecular weight is 354 g/mol. The van der Waals surface area contributed by atoms with Crippen molar-refractivity contribution in [2.45, 2.75) is 12.2 Å². The highest BCUT2D eigenvalue weighted by molar-refractivity contribution is 9.10. The number of halogens is 1. The number of fused-ring (bicyclic) bond motifs is 1. The van der Waals surface area contributed by atoms with Crippen LogP contribution in [0.2, 0.25) is 0 Å². The van der Waals surface area contributed by atoms with Crippen molar-refractivity contribution in [3.8, 4) is 0 Å². The zero-order valence-corrected chi connectivity index (χ0v) is 13.5. The second-order valence-electron chi connectivity index (χ2n) is 5.39. The number of dihydropyridines is 1. The Hall–Kier alpha value is -2.20. The van der Waals surface area contributed by atoms with Crippen molar-refractivity contribution < 1.29 is 0 Å². The SMILES string of the molecule is Brc1cccc(N2c3ccccc3NC2C2C=CC=CN2)c1. The number of allylic oxidation sites excluding steroid dienone is 2. The maximum absolute atomic E-state index is 3.64. The molecule has 4 rings (SSSR count). The van der Waals surface area contributed by atoms with E-state index in [1.165, 1.54) is 11.4 Å². The van der Waals surface area contributed by atoms with Crippen molar-refractivity contribution in [3.63, 3.8) is 0 Å². The molecule has 3 nitrogen and oxygen atoms in total. The van der Waals surface area contributed by atoms with E-state index < -0.39 is 0 Å². The molecule has 22 heavy (non-hydrogen) atoms. The van der Waals surface area contributed by atoms with E-state index in [0.717, 1.165) is 10.2 Å². The molecule has 2 aliphatic heterocycles. The van der Waals surface area contributed by atoms with E-state index in [9.17, 15) is 0 Å². The molecule has 0 aliphatic carbocycles. The molecule has 2 N–H and O–H groups in total. The molecule has 2 aliphatic rings. The first-order valence-corrected chi connectivity index (χ1v) is 8.12. The van der Waals surface area contributed by atoms with Crippen molar-refractivity contribution in [1.82, 2.24) is 5.32 Å². The van der Waals surface area contributed by atoms with Crippen LogP contribution in [0.25, 0.3) is 0 Å². The van der Waals surface area contributed by atoms with E-state index >= 15 is 0 Å². The topological polar surface area (TPSA) is 27.3 Å².